The summed E-state index contributed by atoms with van der Waals surface area (Å²) in [6.45, 7) is 3.68. The highest BCUT2D eigenvalue weighted by atomic mass is 32.2. The van der Waals surface area contributed by atoms with Crippen LogP contribution in [0.5, 0.6) is 0 Å². The summed E-state index contributed by atoms with van der Waals surface area (Å²) in [5, 5.41) is 7.74. The van der Waals surface area contributed by atoms with Crippen LogP contribution in [-0.2, 0) is 14.6 Å². The first kappa shape index (κ1) is 14.7. The Balaban J connectivity index is 3.13. The minimum Gasteiger partial charge on any atom is -0.480 e. The number of hydrogen-bond donors (Lipinski definition) is 1. The van der Waals surface area contributed by atoms with Gasteiger partial charge in [0.25, 0.3) is 0 Å². The van der Waals surface area contributed by atoms with Gasteiger partial charge < -0.3 is 5.11 Å². The van der Waals surface area contributed by atoms with Crippen LogP contribution >= 0.6 is 0 Å². The molecule has 5 heteroatoms. The number of aryl methyl sites for hydroxylation is 1. The molecule has 0 heterocycles. The molecule has 0 saturated heterocycles. The van der Waals surface area contributed by atoms with Crippen molar-refractivity contribution in [2.75, 3.05) is 0 Å². The van der Waals surface area contributed by atoms with Crippen LogP contribution in [-0.4, -0.2) is 24.7 Å². The van der Waals surface area contributed by atoms with Gasteiger partial charge in [-0.2, -0.15) is 0 Å². The average Bonchev–Trinajstić information content (AvgIpc) is 2.28. The number of carbonyl (C=O) groups is 1. The lowest BCUT2D eigenvalue weighted by Crippen LogP contribution is -2.30. The van der Waals surface area contributed by atoms with Gasteiger partial charge in [0.15, 0.2) is 15.1 Å². The number of rotatable bonds is 6. The second-order valence-corrected chi connectivity index (χ2v) is 6.46. The molecule has 1 atom stereocenters. The Kier molecular flexibility index (Phi) is 4.90. The quantitative estimate of drug-likeness (QED) is 0.861. The number of carboxylic acids is 1. The fourth-order valence-corrected chi connectivity index (χ4v) is 3.45. The molecule has 0 aliphatic rings. The van der Waals surface area contributed by atoms with Gasteiger partial charge in [0.05, 0.1) is 4.90 Å². The van der Waals surface area contributed by atoms with Crippen molar-refractivity contribution in [3.8, 4) is 0 Å². The lowest BCUT2D eigenvalue weighted by Gasteiger charge is -2.13. The molecule has 100 valence electrons. The van der Waals surface area contributed by atoms with Crippen LogP contribution in [0.1, 0.15) is 31.7 Å². The van der Waals surface area contributed by atoms with Gasteiger partial charge in [-0.1, -0.05) is 31.9 Å². The van der Waals surface area contributed by atoms with Gasteiger partial charge in [-0.05, 0) is 31.0 Å². The Labute approximate surface area is 108 Å². The molecule has 18 heavy (non-hydrogen) atoms. The fourth-order valence-electron chi connectivity index (χ4n) is 1.76. The van der Waals surface area contributed by atoms with Crippen molar-refractivity contribution in [2.24, 2.45) is 0 Å². The van der Waals surface area contributed by atoms with E-state index in [2.05, 4.69) is 0 Å². The molecular formula is C13H18O4S. The maximum Gasteiger partial charge on any atom is 0.322 e. The number of unbranched alkanes of at least 4 members (excludes halogenated alkanes) is 1. The molecule has 0 amide bonds. The van der Waals surface area contributed by atoms with Crippen LogP contribution in [0.15, 0.2) is 29.2 Å². The van der Waals surface area contributed by atoms with Crippen molar-refractivity contribution in [3.63, 3.8) is 0 Å². The topological polar surface area (TPSA) is 71.4 Å². The van der Waals surface area contributed by atoms with Crippen LogP contribution in [0.4, 0.5) is 0 Å². The van der Waals surface area contributed by atoms with Gasteiger partial charge in [0, 0.05) is 0 Å². The predicted octanol–water partition coefficient (Wildman–Crippen LogP) is 2.41. The standard InChI is InChI=1S/C13H18O4S/c1-3-4-8-12(13(14)15)18(16,17)11-7-5-6-10(2)9-11/h5-7,9,12H,3-4,8H2,1-2H3,(H,14,15). The van der Waals surface area contributed by atoms with E-state index in [1.54, 1.807) is 19.1 Å². The zero-order valence-corrected chi connectivity index (χ0v) is 11.4. The molecule has 0 fully saturated rings. The molecule has 0 aliphatic heterocycles. The molecule has 0 aromatic heterocycles. The highest BCUT2D eigenvalue weighted by Crippen LogP contribution is 2.21. The fraction of sp³-hybridized carbons (Fsp3) is 0.462. The third-order valence-electron chi connectivity index (χ3n) is 2.79. The smallest absolute Gasteiger partial charge is 0.322 e. The monoisotopic (exact) mass is 270 g/mol. The highest BCUT2D eigenvalue weighted by Gasteiger charge is 2.33. The summed E-state index contributed by atoms with van der Waals surface area (Å²) in [6.07, 6.45) is 1.51. The van der Waals surface area contributed by atoms with Crippen LogP contribution in [0.2, 0.25) is 0 Å². The second kappa shape index (κ2) is 6.00. The number of sulfone groups is 1. The van der Waals surface area contributed by atoms with E-state index < -0.39 is 21.1 Å². The van der Waals surface area contributed by atoms with Gasteiger partial charge in [-0.25, -0.2) is 8.42 Å². The van der Waals surface area contributed by atoms with E-state index in [9.17, 15) is 13.2 Å². The Morgan fingerprint density at radius 3 is 2.56 bits per heavy atom. The van der Waals surface area contributed by atoms with Gasteiger partial charge in [0.2, 0.25) is 0 Å². The van der Waals surface area contributed by atoms with Gasteiger partial charge in [-0.15, -0.1) is 0 Å². The third-order valence-corrected chi connectivity index (χ3v) is 4.89. The average molecular weight is 270 g/mol. The molecule has 0 aliphatic carbocycles. The van der Waals surface area contributed by atoms with E-state index in [-0.39, 0.29) is 11.3 Å². The van der Waals surface area contributed by atoms with Gasteiger partial charge in [-0.3, -0.25) is 4.79 Å². The number of benzene rings is 1. The van der Waals surface area contributed by atoms with Crippen molar-refractivity contribution in [1.29, 1.82) is 0 Å². The van der Waals surface area contributed by atoms with E-state index in [4.69, 9.17) is 5.11 Å². The van der Waals surface area contributed by atoms with E-state index in [0.29, 0.717) is 6.42 Å². The lowest BCUT2D eigenvalue weighted by molar-refractivity contribution is -0.136. The number of carboxylic acid groups (broad SMARTS) is 1. The molecule has 1 aromatic carbocycles. The Hall–Kier alpha value is -1.36. The summed E-state index contributed by atoms with van der Waals surface area (Å²) in [5.41, 5.74) is 0.802. The van der Waals surface area contributed by atoms with Crippen LogP contribution < -0.4 is 0 Å². The lowest BCUT2D eigenvalue weighted by atomic mass is 10.2. The maximum atomic E-state index is 12.3. The van der Waals surface area contributed by atoms with Crippen molar-refractivity contribution < 1.29 is 18.3 Å². The first-order valence-electron chi connectivity index (χ1n) is 5.93. The van der Waals surface area contributed by atoms with E-state index in [1.807, 2.05) is 6.92 Å². The zero-order valence-electron chi connectivity index (χ0n) is 10.6. The Morgan fingerprint density at radius 2 is 2.06 bits per heavy atom. The first-order valence-corrected chi connectivity index (χ1v) is 7.47. The second-order valence-electron chi connectivity index (χ2n) is 4.33. The number of aliphatic carboxylic acids is 1. The largest absolute Gasteiger partial charge is 0.480 e. The van der Waals surface area contributed by atoms with E-state index >= 15 is 0 Å². The van der Waals surface area contributed by atoms with E-state index in [1.165, 1.54) is 12.1 Å². The molecular weight excluding hydrogens is 252 g/mol. The number of hydrogen-bond acceptors (Lipinski definition) is 3. The highest BCUT2D eigenvalue weighted by molar-refractivity contribution is 7.92. The van der Waals surface area contributed by atoms with Crippen molar-refractivity contribution in [1.82, 2.24) is 0 Å². The maximum absolute atomic E-state index is 12.3. The third kappa shape index (κ3) is 3.32. The molecule has 4 nitrogen and oxygen atoms in total. The predicted molar refractivity (Wildman–Crippen MR) is 69.3 cm³/mol. The first-order chi connectivity index (χ1) is 8.39. The van der Waals surface area contributed by atoms with Gasteiger partial charge in [0.1, 0.15) is 0 Å². The Morgan fingerprint density at radius 1 is 1.39 bits per heavy atom. The molecule has 1 rings (SSSR count). The molecule has 1 N–H and O–H groups in total. The molecule has 0 radical (unpaired) electrons. The summed E-state index contributed by atoms with van der Waals surface area (Å²) in [7, 11) is -3.79. The summed E-state index contributed by atoms with van der Waals surface area (Å²) < 4.78 is 24.5. The van der Waals surface area contributed by atoms with Crippen LogP contribution in [0, 0.1) is 6.92 Å². The molecule has 0 bridgehead atoms. The van der Waals surface area contributed by atoms with Crippen molar-refractivity contribution >= 4 is 15.8 Å². The van der Waals surface area contributed by atoms with Gasteiger partial charge >= 0.3 is 5.97 Å². The molecule has 1 unspecified atom stereocenters. The summed E-state index contributed by atoms with van der Waals surface area (Å²) in [6, 6.07) is 6.36. The zero-order chi connectivity index (χ0) is 13.8. The SMILES string of the molecule is CCCCC(C(=O)O)S(=O)(=O)c1cccc(C)c1. The normalized spacial score (nSPS) is 13.2. The summed E-state index contributed by atoms with van der Waals surface area (Å²) in [5.74, 6) is -1.27. The molecule has 0 spiro atoms. The minimum atomic E-state index is -3.79. The van der Waals surface area contributed by atoms with Crippen molar-refractivity contribution in [2.45, 2.75) is 43.3 Å². The van der Waals surface area contributed by atoms with Crippen LogP contribution in [0.25, 0.3) is 0 Å². The molecule has 0 saturated carbocycles. The Bertz CT molecular complexity index is 520. The summed E-state index contributed by atoms with van der Waals surface area (Å²) in [4.78, 5) is 11.2. The molecule has 1 aromatic rings. The van der Waals surface area contributed by atoms with Crippen molar-refractivity contribution in [3.05, 3.63) is 29.8 Å². The van der Waals surface area contributed by atoms with E-state index in [0.717, 1.165) is 12.0 Å². The minimum absolute atomic E-state index is 0.0889. The summed E-state index contributed by atoms with van der Waals surface area (Å²) >= 11 is 0. The van der Waals surface area contributed by atoms with Crippen LogP contribution in [0.3, 0.4) is 0 Å².